The Balaban J connectivity index is 1.61. The molecule has 2 atom stereocenters. The van der Waals surface area contributed by atoms with Crippen molar-refractivity contribution >= 4 is 28.4 Å². The third kappa shape index (κ3) is 8.39. The Morgan fingerprint density at radius 1 is 0.917 bits per heavy atom. The van der Waals surface area contributed by atoms with Crippen LogP contribution in [0.5, 0.6) is 0 Å². The molecule has 0 bridgehead atoms. The maximum atomic E-state index is 13.2. The van der Waals surface area contributed by atoms with Crippen LogP contribution in [-0.4, -0.2) is 54.6 Å². The van der Waals surface area contributed by atoms with E-state index >= 15 is 0 Å². The lowest BCUT2D eigenvalue weighted by atomic mass is 10.0. The van der Waals surface area contributed by atoms with Crippen molar-refractivity contribution in [1.82, 2.24) is 15.6 Å². The molecule has 36 heavy (non-hydrogen) atoms. The molecule has 192 valence electrons. The predicted octanol–water partition coefficient (Wildman–Crippen LogP) is 1.27. The fourth-order valence-corrected chi connectivity index (χ4v) is 3.89. The number of anilines is 1. The molecule has 9 heteroatoms. The molecule has 0 saturated heterocycles. The minimum atomic E-state index is -0.743. The van der Waals surface area contributed by atoms with Gasteiger partial charge in [-0.1, -0.05) is 48.5 Å². The highest BCUT2D eigenvalue weighted by Crippen LogP contribution is 2.17. The van der Waals surface area contributed by atoms with Gasteiger partial charge in [-0.3, -0.25) is 14.6 Å². The molecule has 9 nitrogen and oxygen atoms in total. The number of carbonyl (C=O) groups is 2. The first-order chi connectivity index (χ1) is 17.5. The highest BCUT2D eigenvalue weighted by Gasteiger charge is 2.24. The van der Waals surface area contributed by atoms with Crippen LogP contribution in [-0.2, 0) is 16.0 Å². The molecule has 2 unspecified atom stereocenters. The maximum Gasteiger partial charge on any atom is 0.247 e. The van der Waals surface area contributed by atoms with Crippen LogP contribution >= 0.6 is 0 Å². The molecule has 0 spiro atoms. The predicted molar refractivity (Wildman–Crippen MR) is 144 cm³/mol. The van der Waals surface area contributed by atoms with E-state index in [1.54, 1.807) is 6.20 Å². The van der Waals surface area contributed by atoms with Crippen LogP contribution in [0.25, 0.3) is 10.9 Å². The lowest BCUT2D eigenvalue weighted by Crippen LogP contribution is -2.50. The van der Waals surface area contributed by atoms with Crippen molar-refractivity contribution in [3.8, 4) is 0 Å². The minimum absolute atomic E-state index is 0.0470. The highest BCUT2D eigenvalue weighted by atomic mass is 16.2. The zero-order chi connectivity index (χ0) is 25.8. The number of hydrogen-bond acceptors (Lipinski definition) is 7. The smallest absolute Gasteiger partial charge is 0.247 e. The van der Waals surface area contributed by atoms with Crippen LogP contribution in [0.1, 0.15) is 24.8 Å². The highest BCUT2D eigenvalue weighted by molar-refractivity contribution is 5.98. The van der Waals surface area contributed by atoms with Crippen LogP contribution < -0.4 is 33.2 Å². The molecule has 1 heterocycles. The molecular weight excluding hydrogens is 454 g/mol. The average molecular weight is 492 g/mol. The summed E-state index contributed by atoms with van der Waals surface area (Å²) in [5.74, 6) is -0.659. The Hall–Kier alpha value is -3.37. The second kappa shape index (κ2) is 14.3. The Kier molecular flexibility index (Phi) is 10.8. The van der Waals surface area contributed by atoms with Crippen LogP contribution in [0, 0.1) is 0 Å². The molecule has 2 aromatic carbocycles. The van der Waals surface area contributed by atoms with Gasteiger partial charge in [-0.2, -0.15) is 0 Å². The van der Waals surface area contributed by atoms with E-state index in [2.05, 4.69) is 20.9 Å². The van der Waals surface area contributed by atoms with Crippen molar-refractivity contribution in [2.75, 3.05) is 25.0 Å². The third-order valence-corrected chi connectivity index (χ3v) is 6.09. The summed E-state index contributed by atoms with van der Waals surface area (Å²) in [5.41, 5.74) is 19.9. The molecule has 0 aliphatic heterocycles. The number of aromatic nitrogens is 1. The second-order valence-electron chi connectivity index (χ2n) is 8.86. The SMILES string of the molecule is NCC(CN)NCCCC(N)C(=O)NC(CCc1ccccc1)C(=O)Nc1cnc2ccccc2c1. The van der Waals surface area contributed by atoms with Gasteiger partial charge in [-0.15, -0.1) is 0 Å². The summed E-state index contributed by atoms with van der Waals surface area (Å²) in [6.45, 7) is 1.56. The largest absolute Gasteiger partial charge is 0.343 e. The number of carbonyl (C=O) groups excluding carboxylic acids is 2. The van der Waals surface area contributed by atoms with Crippen molar-refractivity contribution in [1.29, 1.82) is 0 Å². The van der Waals surface area contributed by atoms with Crippen LogP contribution in [0.15, 0.2) is 66.9 Å². The fraction of sp³-hybridized carbons (Fsp3) is 0.370. The van der Waals surface area contributed by atoms with Crippen molar-refractivity contribution in [3.05, 3.63) is 72.4 Å². The summed E-state index contributed by atoms with van der Waals surface area (Å²) in [7, 11) is 0. The lowest BCUT2D eigenvalue weighted by Gasteiger charge is -2.21. The average Bonchev–Trinajstić information content (AvgIpc) is 2.91. The zero-order valence-electron chi connectivity index (χ0n) is 20.5. The van der Waals surface area contributed by atoms with Gasteiger partial charge in [-0.25, -0.2) is 0 Å². The lowest BCUT2D eigenvalue weighted by molar-refractivity contribution is -0.127. The first-order valence-corrected chi connectivity index (χ1v) is 12.4. The van der Waals surface area contributed by atoms with Gasteiger partial charge in [0.05, 0.1) is 23.4 Å². The molecule has 0 aliphatic rings. The summed E-state index contributed by atoms with van der Waals surface area (Å²) in [4.78, 5) is 30.4. The maximum absolute atomic E-state index is 13.2. The van der Waals surface area contributed by atoms with E-state index in [0.717, 1.165) is 16.5 Å². The third-order valence-electron chi connectivity index (χ3n) is 6.09. The molecule has 0 aliphatic carbocycles. The number of fused-ring (bicyclic) bond motifs is 1. The van der Waals surface area contributed by atoms with E-state index < -0.39 is 12.1 Å². The standard InChI is InChI=1S/C27H37N7O2/c28-16-22(17-29)31-14-6-10-23(30)26(35)34-25(13-12-19-7-2-1-3-8-19)27(36)33-21-15-20-9-4-5-11-24(20)32-18-21/h1-5,7-9,11,15,18,22-23,25,31H,6,10,12-14,16-17,28-30H2,(H,33,36)(H,34,35). The molecule has 3 aromatic rings. The van der Waals surface area contributed by atoms with Gasteiger partial charge < -0.3 is 33.2 Å². The number of nitrogens with zero attached hydrogens (tertiary/aromatic N) is 1. The van der Waals surface area contributed by atoms with Crippen molar-refractivity contribution in [2.24, 2.45) is 17.2 Å². The quantitative estimate of drug-likeness (QED) is 0.185. The molecule has 1 aromatic heterocycles. The van der Waals surface area contributed by atoms with Crippen molar-refractivity contribution < 1.29 is 9.59 Å². The Labute approximate surface area is 212 Å². The first kappa shape index (κ1) is 27.2. The van der Waals surface area contributed by atoms with E-state index in [9.17, 15) is 9.59 Å². The summed E-state index contributed by atoms with van der Waals surface area (Å²) < 4.78 is 0. The number of pyridine rings is 1. The summed E-state index contributed by atoms with van der Waals surface area (Å²) >= 11 is 0. The Bertz CT molecular complexity index is 1110. The molecule has 9 N–H and O–H groups in total. The van der Waals surface area contributed by atoms with Crippen LogP contribution in [0.2, 0.25) is 0 Å². The molecule has 0 saturated carbocycles. The number of amides is 2. The monoisotopic (exact) mass is 491 g/mol. The van der Waals surface area contributed by atoms with Gasteiger partial charge in [0.15, 0.2) is 0 Å². The van der Waals surface area contributed by atoms with E-state index in [1.165, 1.54) is 0 Å². The van der Waals surface area contributed by atoms with Crippen molar-refractivity contribution in [2.45, 2.75) is 43.8 Å². The van der Waals surface area contributed by atoms with Gasteiger partial charge in [0.1, 0.15) is 6.04 Å². The normalized spacial score (nSPS) is 12.9. The number of nitrogens with one attached hydrogen (secondary N) is 3. The number of para-hydroxylation sites is 1. The van der Waals surface area contributed by atoms with Gasteiger partial charge in [0.2, 0.25) is 11.8 Å². The Morgan fingerprint density at radius 2 is 1.64 bits per heavy atom. The van der Waals surface area contributed by atoms with Crippen LogP contribution in [0.4, 0.5) is 5.69 Å². The van der Waals surface area contributed by atoms with Crippen molar-refractivity contribution in [3.63, 3.8) is 0 Å². The number of rotatable bonds is 14. The summed E-state index contributed by atoms with van der Waals surface area (Å²) in [6.07, 6.45) is 3.85. The van der Waals surface area contributed by atoms with E-state index in [4.69, 9.17) is 17.2 Å². The van der Waals surface area contributed by atoms with E-state index in [1.807, 2.05) is 60.7 Å². The van der Waals surface area contributed by atoms with Gasteiger partial charge >= 0.3 is 0 Å². The number of aryl methyl sites for hydroxylation is 1. The van der Waals surface area contributed by atoms with Gasteiger partial charge in [0, 0.05) is 24.5 Å². The second-order valence-corrected chi connectivity index (χ2v) is 8.86. The zero-order valence-corrected chi connectivity index (χ0v) is 20.5. The number of nitrogens with two attached hydrogens (primary N) is 3. The number of hydrogen-bond donors (Lipinski definition) is 6. The molecule has 2 amide bonds. The van der Waals surface area contributed by atoms with E-state index in [0.29, 0.717) is 51.0 Å². The fourth-order valence-electron chi connectivity index (χ4n) is 3.89. The molecule has 3 rings (SSSR count). The van der Waals surface area contributed by atoms with Gasteiger partial charge in [-0.05, 0) is 49.9 Å². The number of benzene rings is 2. The minimum Gasteiger partial charge on any atom is -0.343 e. The summed E-state index contributed by atoms with van der Waals surface area (Å²) in [6, 6.07) is 18.0. The van der Waals surface area contributed by atoms with E-state index in [-0.39, 0.29) is 17.9 Å². The molecule has 0 radical (unpaired) electrons. The summed E-state index contributed by atoms with van der Waals surface area (Å²) in [5, 5.41) is 9.92. The van der Waals surface area contributed by atoms with Crippen LogP contribution in [0.3, 0.4) is 0 Å². The molecule has 0 fully saturated rings. The van der Waals surface area contributed by atoms with Gasteiger partial charge in [0.25, 0.3) is 0 Å². The topological polar surface area (TPSA) is 161 Å². The first-order valence-electron chi connectivity index (χ1n) is 12.4. The molecular formula is C27H37N7O2. The Morgan fingerprint density at radius 3 is 2.39 bits per heavy atom.